The summed E-state index contributed by atoms with van der Waals surface area (Å²) in [5, 5.41) is 2.68. The van der Waals surface area contributed by atoms with Crippen molar-refractivity contribution in [3.05, 3.63) is 54.9 Å². The number of rotatable bonds is 8. The molecule has 0 radical (unpaired) electrons. The van der Waals surface area contributed by atoms with Crippen molar-refractivity contribution in [1.82, 2.24) is 9.47 Å². The van der Waals surface area contributed by atoms with Crippen LogP contribution in [0.15, 0.2) is 54.9 Å². The molecule has 0 unspecified atom stereocenters. The van der Waals surface area contributed by atoms with Crippen LogP contribution in [0.25, 0.3) is 21.8 Å². The van der Waals surface area contributed by atoms with Crippen LogP contribution < -0.4 is 4.90 Å². The summed E-state index contributed by atoms with van der Waals surface area (Å²) in [6.45, 7) is 4.40. The fourth-order valence-corrected chi connectivity index (χ4v) is 4.21. The van der Waals surface area contributed by atoms with Gasteiger partial charge in [0.15, 0.2) is 0 Å². The third-order valence-electron chi connectivity index (χ3n) is 5.82. The van der Waals surface area contributed by atoms with E-state index in [1.165, 1.54) is 66.0 Å². The fraction of sp³-hybridized carbons (Fsp3) is 0.417. The maximum Gasteiger partial charge on any atom is 0.0941 e. The van der Waals surface area contributed by atoms with Gasteiger partial charge in [-0.25, -0.2) is 0 Å². The van der Waals surface area contributed by atoms with E-state index >= 15 is 0 Å². The number of para-hydroxylation sites is 1. The van der Waals surface area contributed by atoms with E-state index in [9.17, 15) is 0 Å². The molecule has 0 amide bonds. The zero-order valence-corrected chi connectivity index (χ0v) is 16.7. The first-order valence-electron chi connectivity index (χ1n) is 10.4. The average molecular weight is 362 g/mol. The normalized spacial score (nSPS) is 14.1. The molecule has 0 N–H and O–H groups in total. The lowest BCUT2D eigenvalue weighted by Gasteiger charge is -2.21. The lowest BCUT2D eigenvalue weighted by atomic mass is 10.1. The Morgan fingerprint density at radius 3 is 2.48 bits per heavy atom. The molecule has 3 heteroatoms. The highest BCUT2D eigenvalue weighted by molar-refractivity contribution is 6.09. The van der Waals surface area contributed by atoms with Gasteiger partial charge < -0.3 is 14.4 Å². The molecule has 3 aromatic rings. The van der Waals surface area contributed by atoms with Gasteiger partial charge >= 0.3 is 0 Å². The fourth-order valence-electron chi connectivity index (χ4n) is 4.21. The number of nitrogens with zero attached hydrogens (tertiary/aromatic N) is 3. The van der Waals surface area contributed by atoms with Crippen LogP contribution in [-0.2, 0) is 7.05 Å². The monoisotopic (exact) mass is 361 g/mol. The Labute approximate surface area is 162 Å². The van der Waals surface area contributed by atoms with E-state index in [0.717, 1.165) is 13.2 Å². The van der Waals surface area contributed by atoms with Gasteiger partial charge in [-0.1, -0.05) is 57.2 Å². The van der Waals surface area contributed by atoms with Crippen LogP contribution in [0.4, 0.5) is 5.69 Å². The van der Waals surface area contributed by atoms with Gasteiger partial charge in [-0.05, 0) is 30.7 Å². The van der Waals surface area contributed by atoms with Gasteiger partial charge in [0, 0.05) is 53.5 Å². The molecule has 0 saturated heterocycles. The van der Waals surface area contributed by atoms with Crippen LogP contribution in [-0.4, -0.2) is 22.7 Å². The molecule has 0 bridgehead atoms. The van der Waals surface area contributed by atoms with Crippen LogP contribution in [0.1, 0.15) is 45.4 Å². The van der Waals surface area contributed by atoms with E-state index in [4.69, 9.17) is 0 Å². The predicted octanol–water partition coefficient (Wildman–Crippen LogP) is 6.24. The van der Waals surface area contributed by atoms with E-state index in [1.54, 1.807) is 0 Å². The number of fused-ring (bicyclic) bond motifs is 3. The van der Waals surface area contributed by atoms with Crippen molar-refractivity contribution in [2.75, 3.05) is 18.1 Å². The number of unbranched alkanes of at least 4 members (excludes halogenated alkanes) is 5. The molecule has 27 heavy (non-hydrogen) atoms. The second-order valence-corrected chi connectivity index (χ2v) is 7.77. The number of aryl methyl sites for hydroxylation is 1. The molecule has 1 aromatic heterocycles. The number of anilines is 1. The SMILES string of the molecule is CCCCCCCCN1C=CN(c2ccc3c(c2)c2ccccc2n3C)C1. The van der Waals surface area contributed by atoms with Crippen molar-refractivity contribution in [3.63, 3.8) is 0 Å². The summed E-state index contributed by atoms with van der Waals surface area (Å²) in [5.41, 5.74) is 3.87. The third-order valence-corrected chi connectivity index (χ3v) is 5.82. The summed E-state index contributed by atoms with van der Waals surface area (Å²) in [5.74, 6) is 0. The number of hydrogen-bond acceptors (Lipinski definition) is 2. The zero-order valence-electron chi connectivity index (χ0n) is 16.7. The highest BCUT2D eigenvalue weighted by Gasteiger charge is 2.15. The van der Waals surface area contributed by atoms with Crippen molar-refractivity contribution in [3.8, 4) is 0 Å². The second kappa shape index (κ2) is 8.08. The van der Waals surface area contributed by atoms with Gasteiger partial charge in [0.25, 0.3) is 0 Å². The van der Waals surface area contributed by atoms with Crippen LogP contribution in [0, 0.1) is 0 Å². The maximum absolute atomic E-state index is 2.44. The molecule has 4 rings (SSSR count). The molecule has 1 aliphatic rings. The summed E-state index contributed by atoms with van der Waals surface area (Å²) in [6, 6.07) is 15.5. The van der Waals surface area contributed by atoms with Gasteiger partial charge in [0.1, 0.15) is 0 Å². The van der Waals surface area contributed by atoms with Crippen molar-refractivity contribution in [2.24, 2.45) is 7.05 Å². The van der Waals surface area contributed by atoms with Gasteiger partial charge in [0.05, 0.1) is 6.67 Å². The Morgan fingerprint density at radius 2 is 1.59 bits per heavy atom. The second-order valence-electron chi connectivity index (χ2n) is 7.77. The molecule has 1 aliphatic heterocycles. The van der Waals surface area contributed by atoms with E-state index in [-0.39, 0.29) is 0 Å². The minimum absolute atomic E-state index is 0.964. The van der Waals surface area contributed by atoms with Crippen molar-refractivity contribution in [1.29, 1.82) is 0 Å². The van der Waals surface area contributed by atoms with Gasteiger partial charge in [-0.3, -0.25) is 0 Å². The highest BCUT2D eigenvalue weighted by Crippen LogP contribution is 2.32. The zero-order chi connectivity index (χ0) is 18.6. The van der Waals surface area contributed by atoms with Crippen LogP contribution >= 0.6 is 0 Å². The lowest BCUT2D eigenvalue weighted by Crippen LogP contribution is -2.25. The van der Waals surface area contributed by atoms with Crippen molar-refractivity contribution >= 4 is 27.5 Å². The molecule has 0 atom stereocenters. The summed E-state index contributed by atoms with van der Waals surface area (Å²) in [7, 11) is 2.16. The number of aromatic nitrogens is 1. The van der Waals surface area contributed by atoms with Crippen molar-refractivity contribution < 1.29 is 0 Å². The van der Waals surface area contributed by atoms with E-state index in [0.29, 0.717) is 0 Å². The van der Waals surface area contributed by atoms with Crippen molar-refractivity contribution in [2.45, 2.75) is 45.4 Å². The summed E-state index contributed by atoms with van der Waals surface area (Å²) >= 11 is 0. The molecule has 0 saturated carbocycles. The van der Waals surface area contributed by atoms with E-state index < -0.39 is 0 Å². The van der Waals surface area contributed by atoms with Gasteiger partial charge in [0.2, 0.25) is 0 Å². The molecular formula is C24H31N3. The molecule has 0 fully saturated rings. The van der Waals surface area contributed by atoms with Gasteiger partial charge in [-0.2, -0.15) is 0 Å². The first-order valence-corrected chi connectivity index (χ1v) is 10.4. The summed E-state index contributed by atoms with van der Waals surface area (Å²) in [4.78, 5) is 4.80. The Hall–Kier alpha value is -2.42. The standard InChI is InChI=1S/C24H31N3/c1-3-4-5-6-7-10-15-26-16-17-27(19-26)20-13-14-24-22(18-20)21-11-8-9-12-23(21)25(24)2/h8-9,11-14,16-18H,3-7,10,15,19H2,1-2H3. The maximum atomic E-state index is 2.44. The predicted molar refractivity (Wildman–Crippen MR) is 117 cm³/mol. The Morgan fingerprint density at radius 1 is 0.815 bits per heavy atom. The smallest absolute Gasteiger partial charge is 0.0941 e. The number of hydrogen-bond donors (Lipinski definition) is 0. The summed E-state index contributed by atoms with van der Waals surface area (Å²) < 4.78 is 2.29. The van der Waals surface area contributed by atoms with E-state index in [2.05, 4.69) is 83.2 Å². The Balaban J connectivity index is 1.42. The summed E-state index contributed by atoms with van der Waals surface area (Å²) in [6.07, 6.45) is 12.6. The topological polar surface area (TPSA) is 11.4 Å². The van der Waals surface area contributed by atoms with Crippen LogP contribution in [0.2, 0.25) is 0 Å². The molecule has 0 aliphatic carbocycles. The minimum Gasteiger partial charge on any atom is -0.358 e. The molecular weight excluding hydrogens is 330 g/mol. The largest absolute Gasteiger partial charge is 0.358 e. The first-order chi connectivity index (χ1) is 13.3. The van der Waals surface area contributed by atoms with E-state index in [1.807, 2.05) is 0 Å². The Bertz CT molecular complexity index is 937. The molecule has 2 aromatic carbocycles. The highest BCUT2D eigenvalue weighted by atomic mass is 15.3. The molecule has 0 spiro atoms. The quantitative estimate of drug-likeness (QED) is 0.440. The van der Waals surface area contributed by atoms with Gasteiger partial charge in [-0.15, -0.1) is 0 Å². The molecule has 2 heterocycles. The Kier molecular flexibility index (Phi) is 5.38. The average Bonchev–Trinajstić information content (AvgIpc) is 3.28. The lowest BCUT2D eigenvalue weighted by molar-refractivity contribution is 0.388. The molecule has 142 valence electrons. The number of benzene rings is 2. The third kappa shape index (κ3) is 3.69. The first kappa shape index (κ1) is 18.0. The van der Waals surface area contributed by atoms with Crippen LogP contribution in [0.5, 0.6) is 0 Å². The molecule has 3 nitrogen and oxygen atoms in total. The minimum atomic E-state index is 0.964. The van der Waals surface area contributed by atoms with Crippen LogP contribution in [0.3, 0.4) is 0 Å².